The number of ether oxygens (including phenoxy) is 3. The van der Waals surface area contributed by atoms with Crippen LogP contribution in [0.3, 0.4) is 0 Å². The quantitative estimate of drug-likeness (QED) is 0.632. The number of hydrogen-bond acceptors (Lipinski definition) is 7. The lowest BCUT2D eigenvalue weighted by Crippen LogP contribution is -2.15. The molecule has 0 saturated carbocycles. The number of hydrogen-bond donors (Lipinski definition) is 0. The molecule has 0 aliphatic carbocycles. The van der Waals surface area contributed by atoms with Crippen LogP contribution >= 0.6 is 0 Å². The molecule has 9 nitrogen and oxygen atoms in total. The Morgan fingerprint density at radius 3 is 2.82 bits per heavy atom. The van der Waals surface area contributed by atoms with Crippen LogP contribution in [0.15, 0.2) is 30.9 Å². The van der Waals surface area contributed by atoms with Crippen LogP contribution in [-0.4, -0.2) is 27.4 Å². The van der Waals surface area contributed by atoms with Gasteiger partial charge in [-0.25, -0.2) is 14.3 Å². The lowest BCUT2D eigenvalue weighted by atomic mass is 10.1. The summed E-state index contributed by atoms with van der Waals surface area (Å²) in [5.74, 6) is 0.676. The van der Waals surface area contributed by atoms with Crippen molar-refractivity contribution in [3.63, 3.8) is 0 Å². The number of fused-ring (bicyclic) bond motifs is 1. The van der Waals surface area contributed by atoms with E-state index in [0.29, 0.717) is 11.5 Å². The molecule has 2 aromatic rings. The van der Waals surface area contributed by atoms with Gasteiger partial charge in [0.15, 0.2) is 11.5 Å². The average molecular weight is 305 g/mol. The fourth-order valence-corrected chi connectivity index (χ4v) is 2.07. The topological polar surface area (TPSA) is 106 Å². The van der Waals surface area contributed by atoms with E-state index >= 15 is 0 Å². The van der Waals surface area contributed by atoms with Gasteiger partial charge >= 0.3 is 6.09 Å². The van der Waals surface area contributed by atoms with E-state index in [-0.39, 0.29) is 18.0 Å². The highest BCUT2D eigenvalue weighted by atomic mass is 16.7. The molecule has 9 heteroatoms. The molecule has 1 unspecified atom stereocenters. The van der Waals surface area contributed by atoms with Crippen molar-refractivity contribution in [1.29, 1.82) is 0 Å². The SMILES string of the molecule is CC(OC(=O)n1ccnc1)c1cc2c(cc1[N+](=O)[O-])OCO2. The van der Waals surface area contributed by atoms with Crippen LogP contribution in [0.2, 0.25) is 0 Å². The molecule has 1 aliphatic heterocycles. The van der Waals surface area contributed by atoms with Gasteiger partial charge in [0.05, 0.1) is 16.6 Å². The van der Waals surface area contributed by atoms with Crippen LogP contribution < -0.4 is 9.47 Å². The first kappa shape index (κ1) is 13.9. The maximum atomic E-state index is 11.9. The molecule has 0 fully saturated rings. The molecular formula is C13H11N3O6. The third-order valence-corrected chi connectivity index (χ3v) is 3.15. The lowest BCUT2D eigenvalue weighted by molar-refractivity contribution is -0.386. The number of nitrogens with zero attached hydrogens (tertiary/aromatic N) is 3. The third kappa shape index (κ3) is 2.43. The minimum Gasteiger partial charge on any atom is -0.454 e. The fraction of sp³-hybridized carbons (Fsp3) is 0.231. The molecule has 0 amide bonds. The first-order valence-electron chi connectivity index (χ1n) is 6.33. The molecule has 1 aromatic heterocycles. The number of carbonyl (C=O) groups is 1. The van der Waals surface area contributed by atoms with Gasteiger partial charge in [-0.2, -0.15) is 0 Å². The van der Waals surface area contributed by atoms with E-state index in [2.05, 4.69) is 4.98 Å². The van der Waals surface area contributed by atoms with Gasteiger partial charge in [0, 0.05) is 12.4 Å². The summed E-state index contributed by atoms with van der Waals surface area (Å²) < 4.78 is 16.7. The van der Waals surface area contributed by atoms with Crippen molar-refractivity contribution in [3.05, 3.63) is 46.5 Å². The van der Waals surface area contributed by atoms with E-state index < -0.39 is 17.1 Å². The second-order valence-corrected chi connectivity index (χ2v) is 4.52. The van der Waals surface area contributed by atoms with Crippen LogP contribution in [0.4, 0.5) is 10.5 Å². The van der Waals surface area contributed by atoms with E-state index in [9.17, 15) is 14.9 Å². The zero-order valence-corrected chi connectivity index (χ0v) is 11.5. The Labute approximate surface area is 124 Å². The summed E-state index contributed by atoms with van der Waals surface area (Å²) in [4.78, 5) is 26.3. The predicted molar refractivity (Wildman–Crippen MR) is 71.7 cm³/mol. The Bertz CT molecular complexity index is 728. The molecule has 0 bridgehead atoms. The van der Waals surface area contributed by atoms with Gasteiger partial charge < -0.3 is 14.2 Å². The smallest absolute Gasteiger partial charge is 0.419 e. The number of rotatable bonds is 3. The normalized spacial score (nSPS) is 13.7. The number of imidazole rings is 1. The Hall–Kier alpha value is -3.10. The van der Waals surface area contributed by atoms with Gasteiger partial charge in [0.2, 0.25) is 6.79 Å². The summed E-state index contributed by atoms with van der Waals surface area (Å²) in [6.45, 7) is 1.54. The third-order valence-electron chi connectivity index (χ3n) is 3.15. The van der Waals surface area contributed by atoms with Crippen LogP contribution in [-0.2, 0) is 4.74 Å². The summed E-state index contributed by atoms with van der Waals surface area (Å²) >= 11 is 0. The second-order valence-electron chi connectivity index (χ2n) is 4.52. The van der Waals surface area contributed by atoms with Gasteiger partial charge in [0.1, 0.15) is 12.4 Å². The summed E-state index contributed by atoms with van der Waals surface area (Å²) in [6, 6.07) is 2.71. The van der Waals surface area contributed by atoms with Crippen molar-refractivity contribution < 1.29 is 23.9 Å². The minimum atomic E-state index is -0.843. The molecule has 0 spiro atoms. The van der Waals surface area contributed by atoms with Gasteiger partial charge in [-0.15, -0.1) is 0 Å². The summed E-state index contributed by atoms with van der Waals surface area (Å²) in [6.07, 6.45) is 2.60. The van der Waals surface area contributed by atoms with Crippen molar-refractivity contribution in [1.82, 2.24) is 9.55 Å². The van der Waals surface area contributed by atoms with Crippen LogP contribution in [0.1, 0.15) is 18.6 Å². The van der Waals surface area contributed by atoms with E-state index in [1.54, 1.807) is 6.92 Å². The molecule has 1 aliphatic rings. The molecule has 0 radical (unpaired) electrons. The Morgan fingerprint density at radius 1 is 1.45 bits per heavy atom. The summed E-state index contributed by atoms with van der Waals surface area (Å²) in [5, 5.41) is 11.2. The number of benzene rings is 1. The molecule has 1 aromatic carbocycles. The number of nitro benzene ring substituents is 1. The van der Waals surface area contributed by atoms with Crippen LogP contribution in [0.25, 0.3) is 0 Å². The maximum absolute atomic E-state index is 11.9. The van der Waals surface area contributed by atoms with Crippen molar-refractivity contribution in [3.8, 4) is 11.5 Å². The number of carbonyl (C=O) groups excluding carboxylic acids is 1. The van der Waals surface area contributed by atoms with Gasteiger partial charge in [-0.3, -0.25) is 10.1 Å². The molecule has 2 heterocycles. The van der Waals surface area contributed by atoms with E-state index in [1.807, 2.05) is 0 Å². The molecule has 114 valence electrons. The predicted octanol–water partition coefficient (Wildman–Crippen LogP) is 2.27. The highest BCUT2D eigenvalue weighted by Crippen LogP contribution is 2.40. The van der Waals surface area contributed by atoms with Gasteiger partial charge in [-0.05, 0) is 13.0 Å². The zero-order chi connectivity index (χ0) is 15.7. The van der Waals surface area contributed by atoms with Crippen molar-refractivity contribution in [2.24, 2.45) is 0 Å². The first-order valence-corrected chi connectivity index (χ1v) is 6.33. The minimum absolute atomic E-state index is 0.000847. The van der Waals surface area contributed by atoms with E-state index in [4.69, 9.17) is 14.2 Å². The largest absolute Gasteiger partial charge is 0.454 e. The van der Waals surface area contributed by atoms with Gasteiger partial charge in [-0.1, -0.05) is 0 Å². The highest BCUT2D eigenvalue weighted by molar-refractivity contribution is 5.70. The molecule has 0 N–H and O–H groups in total. The first-order chi connectivity index (χ1) is 10.6. The summed E-state index contributed by atoms with van der Waals surface area (Å²) in [7, 11) is 0. The zero-order valence-electron chi connectivity index (χ0n) is 11.5. The number of nitro groups is 1. The number of aromatic nitrogens is 2. The van der Waals surface area contributed by atoms with Gasteiger partial charge in [0.25, 0.3) is 5.69 Å². The Morgan fingerprint density at radius 2 is 2.18 bits per heavy atom. The van der Waals surface area contributed by atoms with Crippen LogP contribution in [0.5, 0.6) is 11.5 Å². The van der Waals surface area contributed by atoms with Crippen LogP contribution in [0, 0.1) is 10.1 Å². The average Bonchev–Trinajstić information content (AvgIpc) is 3.16. The Balaban J connectivity index is 1.89. The van der Waals surface area contributed by atoms with Crippen molar-refractivity contribution >= 4 is 11.8 Å². The standard InChI is InChI=1S/C13H11N3O6/c1-8(22-13(17)15-3-2-14-6-15)9-4-11-12(21-7-20-11)5-10(9)16(18)19/h2-6,8H,7H2,1H3. The van der Waals surface area contributed by atoms with E-state index in [0.717, 1.165) is 4.57 Å². The summed E-state index contributed by atoms with van der Waals surface area (Å²) in [5.41, 5.74) is 0.0258. The molecule has 22 heavy (non-hydrogen) atoms. The second kappa shape index (κ2) is 5.35. The monoisotopic (exact) mass is 305 g/mol. The van der Waals surface area contributed by atoms with Crippen molar-refractivity contribution in [2.45, 2.75) is 13.0 Å². The molecule has 1 atom stereocenters. The van der Waals surface area contributed by atoms with Crippen molar-refractivity contribution in [2.75, 3.05) is 6.79 Å². The fourth-order valence-electron chi connectivity index (χ4n) is 2.07. The lowest BCUT2D eigenvalue weighted by Gasteiger charge is -2.14. The molecule has 0 saturated heterocycles. The molecular weight excluding hydrogens is 294 g/mol. The van der Waals surface area contributed by atoms with E-state index in [1.165, 1.54) is 30.9 Å². The maximum Gasteiger partial charge on any atom is 0.419 e. The highest BCUT2D eigenvalue weighted by Gasteiger charge is 2.28. The Kier molecular flexibility index (Phi) is 3.37. The molecule has 3 rings (SSSR count).